The minimum absolute atomic E-state index is 0.102. The average molecular weight is 562 g/mol. The van der Waals surface area contributed by atoms with Crippen LogP contribution >= 0.6 is 0 Å². The SMILES string of the molecule is C/C=C/C1=NCC[C@H](Oc2cc(O[C@@H](C)C3=[N+](C)C[C@H](F)C3)nc(-c3noc(C(C)(C)c4ccccc4C)n3)n2)C1. The highest BCUT2D eigenvalue weighted by Gasteiger charge is 2.35. The molecule has 0 aliphatic carbocycles. The van der Waals surface area contributed by atoms with Gasteiger partial charge in [-0.1, -0.05) is 35.5 Å². The Balaban J connectivity index is 1.46. The van der Waals surface area contributed by atoms with Gasteiger partial charge in [-0.3, -0.25) is 4.99 Å². The summed E-state index contributed by atoms with van der Waals surface area (Å²) in [6.07, 6.45) is 4.35. The highest BCUT2D eigenvalue weighted by molar-refractivity contribution is 5.95. The van der Waals surface area contributed by atoms with Crippen LogP contribution in [0.4, 0.5) is 4.39 Å². The Labute approximate surface area is 240 Å². The summed E-state index contributed by atoms with van der Waals surface area (Å²) in [5, 5.41) is 4.24. The van der Waals surface area contributed by atoms with Gasteiger partial charge in [0.25, 0.3) is 0 Å². The van der Waals surface area contributed by atoms with Crippen molar-refractivity contribution in [3.8, 4) is 23.4 Å². The molecule has 216 valence electrons. The second kappa shape index (κ2) is 11.9. The van der Waals surface area contributed by atoms with Crippen LogP contribution < -0.4 is 9.47 Å². The molecule has 10 heteroatoms. The van der Waals surface area contributed by atoms with E-state index in [4.69, 9.17) is 19.0 Å². The fourth-order valence-electron chi connectivity index (χ4n) is 5.51. The number of nitrogens with zero attached hydrogens (tertiary/aromatic N) is 6. The quantitative estimate of drug-likeness (QED) is 0.327. The number of aromatic nitrogens is 4. The largest absolute Gasteiger partial charge is 0.474 e. The van der Waals surface area contributed by atoms with Crippen molar-refractivity contribution in [2.75, 3.05) is 20.1 Å². The van der Waals surface area contributed by atoms with Crippen LogP contribution in [-0.4, -0.2) is 74.6 Å². The third-order valence-corrected chi connectivity index (χ3v) is 7.67. The Kier molecular flexibility index (Phi) is 8.28. The number of benzene rings is 1. The summed E-state index contributed by atoms with van der Waals surface area (Å²) in [6.45, 7) is 11.1. The van der Waals surface area contributed by atoms with Crippen molar-refractivity contribution in [3.63, 3.8) is 0 Å². The molecule has 2 aliphatic rings. The van der Waals surface area contributed by atoms with Crippen LogP contribution in [0.1, 0.15) is 64.0 Å². The summed E-state index contributed by atoms with van der Waals surface area (Å²) in [4.78, 5) is 18.6. The van der Waals surface area contributed by atoms with E-state index in [1.807, 2.05) is 63.6 Å². The molecule has 0 saturated heterocycles. The summed E-state index contributed by atoms with van der Waals surface area (Å²) in [5.74, 6) is 1.56. The first-order chi connectivity index (χ1) is 19.6. The maximum Gasteiger partial charge on any atom is 0.240 e. The first-order valence-corrected chi connectivity index (χ1v) is 14.1. The smallest absolute Gasteiger partial charge is 0.240 e. The van der Waals surface area contributed by atoms with Crippen LogP contribution in [0.25, 0.3) is 11.6 Å². The van der Waals surface area contributed by atoms with Crippen LogP contribution in [-0.2, 0) is 5.41 Å². The summed E-state index contributed by atoms with van der Waals surface area (Å²) < 4.78 is 34.3. The van der Waals surface area contributed by atoms with E-state index in [1.54, 1.807) is 6.07 Å². The molecule has 0 spiro atoms. The molecular weight excluding hydrogens is 523 g/mol. The summed E-state index contributed by atoms with van der Waals surface area (Å²) in [7, 11) is 1.87. The van der Waals surface area contributed by atoms with Crippen molar-refractivity contribution in [3.05, 3.63) is 59.5 Å². The minimum atomic E-state index is -0.908. The van der Waals surface area contributed by atoms with Crippen molar-refractivity contribution in [2.45, 2.75) is 77.7 Å². The molecule has 0 unspecified atom stereocenters. The average Bonchev–Trinajstić information content (AvgIpc) is 3.56. The van der Waals surface area contributed by atoms with E-state index in [1.165, 1.54) is 0 Å². The standard InChI is InChI=1S/C31H38FN6O3/c1-7-10-22-16-23(13-14-33-22)40-27-17-26(39-20(3)25-15-21(32)18-38(25)6)34-28(35-27)29-36-30(41-37-29)31(4,5)24-12-9-8-11-19(24)2/h7-12,17,20-21,23H,13-16,18H2,1-6H3/q+1/b10-7+/t20-,21+,23-/m0/s1. The number of alkyl halides is 1. The van der Waals surface area contributed by atoms with Crippen LogP contribution in [0, 0.1) is 6.92 Å². The minimum Gasteiger partial charge on any atom is -0.474 e. The van der Waals surface area contributed by atoms with Crippen molar-refractivity contribution in [1.29, 1.82) is 0 Å². The highest BCUT2D eigenvalue weighted by atomic mass is 19.1. The summed E-state index contributed by atoms with van der Waals surface area (Å²) in [5.41, 5.74) is 3.56. The number of aliphatic imine (C=N–C) groups is 1. The Morgan fingerprint density at radius 3 is 2.63 bits per heavy atom. The van der Waals surface area contributed by atoms with Crippen molar-refractivity contribution >= 4 is 11.4 Å². The second-order valence-corrected chi connectivity index (χ2v) is 11.3. The molecule has 0 N–H and O–H groups in total. The van der Waals surface area contributed by atoms with Crippen LogP contribution in [0.5, 0.6) is 11.8 Å². The Bertz CT molecular complexity index is 1490. The Hall–Kier alpha value is -3.95. The van der Waals surface area contributed by atoms with Gasteiger partial charge in [-0.15, -0.1) is 0 Å². The summed E-state index contributed by atoms with van der Waals surface area (Å²) >= 11 is 0. The molecule has 41 heavy (non-hydrogen) atoms. The van der Waals surface area contributed by atoms with Gasteiger partial charge in [0.1, 0.15) is 13.2 Å². The molecule has 2 aliphatic heterocycles. The molecule has 3 atom stereocenters. The zero-order chi connectivity index (χ0) is 29.1. The molecule has 3 aromatic rings. The first kappa shape index (κ1) is 28.6. The molecule has 5 rings (SSSR count). The lowest BCUT2D eigenvalue weighted by atomic mass is 9.82. The van der Waals surface area contributed by atoms with Gasteiger partial charge >= 0.3 is 0 Å². The number of aryl methyl sites for hydroxylation is 1. The third kappa shape index (κ3) is 6.36. The third-order valence-electron chi connectivity index (χ3n) is 7.67. The van der Waals surface area contributed by atoms with Gasteiger partial charge < -0.3 is 14.0 Å². The molecule has 1 aromatic carbocycles. The Morgan fingerprint density at radius 2 is 1.90 bits per heavy atom. The van der Waals surface area contributed by atoms with Gasteiger partial charge in [0.05, 0.1) is 17.9 Å². The second-order valence-electron chi connectivity index (χ2n) is 11.3. The lowest BCUT2D eigenvalue weighted by molar-refractivity contribution is -0.495. The molecule has 9 nitrogen and oxygen atoms in total. The molecule has 0 amide bonds. The van der Waals surface area contributed by atoms with Crippen molar-refractivity contribution in [1.82, 2.24) is 20.1 Å². The predicted octanol–water partition coefficient (Wildman–Crippen LogP) is 5.31. The van der Waals surface area contributed by atoms with Gasteiger partial charge in [0.15, 0.2) is 24.5 Å². The monoisotopic (exact) mass is 561 g/mol. The van der Waals surface area contributed by atoms with E-state index in [0.717, 1.165) is 29.0 Å². The van der Waals surface area contributed by atoms with E-state index < -0.39 is 11.6 Å². The van der Waals surface area contributed by atoms with E-state index >= 15 is 0 Å². The predicted molar refractivity (Wildman–Crippen MR) is 155 cm³/mol. The van der Waals surface area contributed by atoms with Gasteiger partial charge in [0.2, 0.25) is 29.3 Å². The first-order valence-electron chi connectivity index (χ1n) is 14.1. The fourth-order valence-corrected chi connectivity index (χ4v) is 5.51. The number of halogens is 1. The van der Waals surface area contributed by atoms with E-state index in [-0.39, 0.29) is 23.9 Å². The molecule has 0 bridgehead atoms. The molecule has 0 fully saturated rings. The lowest BCUT2D eigenvalue weighted by Crippen LogP contribution is -2.28. The van der Waals surface area contributed by atoms with Gasteiger partial charge in [0, 0.05) is 25.1 Å². The maximum atomic E-state index is 14.1. The van der Waals surface area contributed by atoms with E-state index in [2.05, 4.69) is 39.2 Å². The zero-order valence-electron chi connectivity index (χ0n) is 24.6. The van der Waals surface area contributed by atoms with Crippen molar-refractivity contribution in [2.24, 2.45) is 4.99 Å². The zero-order valence-corrected chi connectivity index (χ0v) is 24.6. The molecule has 0 radical (unpaired) electrons. The molecule has 2 aromatic heterocycles. The normalized spacial score (nSPS) is 20.4. The number of hydrogen-bond donors (Lipinski definition) is 0. The number of allylic oxidation sites excluding steroid dienone is 2. The fraction of sp³-hybridized carbons (Fsp3) is 0.484. The lowest BCUT2D eigenvalue weighted by Gasteiger charge is -2.22. The summed E-state index contributed by atoms with van der Waals surface area (Å²) in [6, 6.07) is 9.80. The van der Waals surface area contributed by atoms with E-state index in [0.29, 0.717) is 43.6 Å². The molecule has 4 heterocycles. The Morgan fingerprint density at radius 1 is 1.12 bits per heavy atom. The molecular formula is C31H38FN6O3+. The van der Waals surface area contributed by atoms with Gasteiger partial charge in [-0.25, -0.2) is 8.97 Å². The van der Waals surface area contributed by atoms with Gasteiger partial charge in [-0.05, 0) is 51.8 Å². The highest BCUT2D eigenvalue weighted by Crippen LogP contribution is 2.34. The van der Waals surface area contributed by atoms with Gasteiger partial charge in [-0.2, -0.15) is 15.0 Å². The van der Waals surface area contributed by atoms with E-state index in [9.17, 15) is 4.39 Å². The number of hydrogen-bond acceptors (Lipinski definition) is 8. The topological polar surface area (TPSA) is 98.5 Å². The van der Waals surface area contributed by atoms with Crippen LogP contribution in [0.2, 0.25) is 0 Å². The van der Waals surface area contributed by atoms with Crippen LogP contribution in [0.3, 0.4) is 0 Å². The van der Waals surface area contributed by atoms with Crippen molar-refractivity contribution < 1.29 is 23.0 Å². The van der Waals surface area contributed by atoms with Crippen LogP contribution in [0.15, 0.2) is 52.0 Å². The maximum absolute atomic E-state index is 14.1. The number of rotatable bonds is 9. The molecule has 0 saturated carbocycles. The number of ether oxygens (including phenoxy) is 2.